The van der Waals surface area contributed by atoms with Crippen molar-refractivity contribution in [2.75, 3.05) is 6.54 Å². The number of piperidine rings is 1. The van der Waals surface area contributed by atoms with Crippen LogP contribution in [0.5, 0.6) is 5.75 Å². The van der Waals surface area contributed by atoms with Crippen molar-refractivity contribution in [1.29, 1.82) is 0 Å². The minimum Gasteiger partial charge on any atom is -0.406 e. The molecule has 1 aliphatic rings. The molecule has 1 heterocycles. The molecule has 1 aliphatic heterocycles. The molecule has 7 heteroatoms. The van der Waals surface area contributed by atoms with Crippen molar-refractivity contribution in [3.05, 3.63) is 29.8 Å². The number of benzene rings is 1. The van der Waals surface area contributed by atoms with E-state index in [4.69, 9.17) is 0 Å². The molecule has 2 rings (SSSR count). The number of carbonyl (C=O) groups excluding carboxylic acids is 1. The van der Waals surface area contributed by atoms with Gasteiger partial charge in [0.1, 0.15) is 5.75 Å². The molecule has 0 bridgehead atoms. The molecular formula is C14H17F3N2O2. The van der Waals surface area contributed by atoms with Gasteiger partial charge in [-0.2, -0.15) is 0 Å². The van der Waals surface area contributed by atoms with Gasteiger partial charge in [0.2, 0.25) is 0 Å². The van der Waals surface area contributed by atoms with Crippen molar-refractivity contribution in [2.45, 2.75) is 38.2 Å². The molecule has 1 aromatic rings. The number of carbonyl (C=O) groups is 1. The topological polar surface area (TPSA) is 50.4 Å². The second kappa shape index (κ2) is 6.34. The minimum absolute atomic E-state index is 0.0832. The lowest BCUT2D eigenvalue weighted by Crippen LogP contribution is -2.46. The molecule has 116 valence electrons. The first kappa shape index (κ1) is 15.6. The quantitative estimate of drug-likeness (QED) is 0.902. The Morgan fingerprint density at radius 2 is 2.00 bits per heavy atom. The maximum Gasteiger partial charge on any atom is 0.573 e. The predicted octanol–water partition coefficient (Wildman–Crippen LogP) is 2.46. The largest absolute Gasteiger partial charge is 0.573 e. The third-order valence-electron chi connectivity index (χ3n) is 3.31. The Morgan fingerprint density at radius 1 is 1.33 bits per heavy atom. The van der Waals surface area contributed by atoms with Gasteiger partial charge in [0.05, 0.1) is 0 Å². The number of nitrogens with one attached hydrogen (secondary N) is 2. The summed E-state index contributed by atoms with van der Waals surface area (Å²) in [6, 6.07) is 5.33. The molecular weight excluding hydrogens is 285 g/mol. The summed E-state index contributed by atoms with van der Waals surface area (Å²) >= 11 is 0. The average molecular weight is 302 g/mol. The summed E-state index contributed by atoms with van der Waals surface area (Å²) in [4.78, 5) is 12.0. The van der Waals surface area contributed by atoms with Gasteiger partial charge in [0.25, 0.3) is 5.91 Å². The van der Waals surface area contributed by atoms with Crippen molar-refractivity contribution >= 4 is 5.91 Å². The molecule has 21 heavy (non-hydrogen) atoms. The highest BCUT2D eigenvalue weighted by molar-refractivity contribution is 5.94. The fourth-order valence-electron chi connectivity index (χ4n) is 2.34. The molecule has 2 atom stereocenters. The molecule has 0 radical (unpaired) electrons. The van der Waals surface area contributed by atoms with Gasteiger partial charge in [0, 0.05) is 17.6 Å². The lowest BCUT2D eigenvalue weighted by molar-refractivity contribution is -0.274. The first-order valence-corrected chi connectivity index (χ1v) is 6.73. The summed E-state index contributed by atoms with van der Waals surface area (Å²) in [6.07, 6.45) is -3.05. The van der Waals surface area contributed by atoms with Crippen LogP contribution in [0, 0.1) is 0 Å². The zero-order valence-electron chi connectivity index (χ0n) is 11.5. The summed E-state index contributed by atoms with van der Waals surface area (Å²) in [7, 11) is 0. The Bertz CT molecular complexity index is 488. The van der Waals surface area contributed by atoms with Gasteiger partial charge in [-0.3, -0.25) is 4.79 Å². The third-order valence-corrected chi connectivity index (χ3v) is 3.31. The molecule has 4 nitrogen and oxygen atoms in total. The molecule has 2 unspecified atom stereocenters. The lowest BCUT2D eigenvalue weighted by Gasteiger charge is -2.28. The van der Waals surface area contributed by atoms with Crippen molar-refractivity contribution in [1.82, 2.24) is 10.6 Å². The second-order valence-corrected chi connectivity index (χ2v) is 5.12. The second-order valence-electron chi connectivity index (χ2n) is 5.12. The van der Waals surface area contributed by atoms with E-state index < -0.39 is 6.36 Å². The summed E-state index contributed by atoms with van der Waals surface area (Å²) in [5.74, 6) is -0.623. The fourth-order valence-corrected chi connectivity index (χ4v) is 2.34. The highest BCUT2D eigenvalue weighted by atomic mass is 19.4. The van der Waals surface area contributed by atoms with E-state index in [9.17, 15) is 18.0 Å². The van der Waals surface area contributed by atoms with E-state index in [1.807, 2.05) is 6.92 Å². The monoisotopic (exact) mass is 302 g/mol. The van der Waals surface area contributed by atoms with E-state index in [-0.39, 0.29) is 17.7 Å². The summed E-state index contributed by atoms with van der Waals surface area (Å²) in [5.41, 5.74) is 0.315. The molecule has 0 aliphatic carbocycles. The maximum absolute atomic E-state index is 12.0. The van der Waals surface area contributed by atoms with Crippen LogP contribution in [0.2, 0.25) is 0 Å². The van der Waals surface area contributed by atoms with Gasteiger partial charge < -0.3 is 15.4 Å². The van der Waals surface area contributed by atoms with E-state index in [1.165, 1.54) is 12.1 Å². The van der Waals surface area contributed by atoms with Crippen LogP contribution in [0.15, 0.2) is 24.3 Å². The van der Waals surface area contributed by atoms with Gasteiger partial charge in [-0.25, -0.2) is 0 Å². The van der Waals surface area contributed by atoms with Crippen LogP contribution in [0.3, 0.4) is 0 Å². The molecule has 0 spiro atoms. The highest BCUT2D eigenvalue weighted by Crippen LogP contribution is 2.22. The molecule has 1 saturated heterocycles. The Balaban J connectivity index is 1.93. The number of ether oxygens (including phenoxy) is 1. The van der Waals surface area contributed by atoms with Crippen LogP contribution in [0.1, 0.15) is 30.1 Å². The van der Waals surface area contributed by atoms with Crippen LogP contribution in [0.25, 0.3) is 0 Å². The van der Waals surface area contributed by atoms with Crippen molar-refractivity contribution in [3.8, 4) is 5.75 Å². The average Bonchev–Trinajstić information content (AvgIpc) is 2.37. The van der Waals surface area contributed by atoms with E-state index in [2.05, 4.69) is 15.4 Å². The number of hydrogen-bond acceptors (Lipinski definition) is 3. The van der Waals surface area contributed by atoms with Crippen molar-refractivity contribution in [2.24, 2.45) is 0 Å². The molecule has 2 N–H and O–H groups in total. The summed E-state index contributed by atoms with van der Waals surface area (Å²) < 4.78 is 39.9. The molecule has 0 aromatic heterocycles. The molecule has 1 amide bonds. The maximum atomic E-state index is 12.0. The zero-order chi connectivity index (χ0) is 15.5. The minimum atomic E-state index is -4.73. The molecule has 0 saturated carbocycles. The van der Waals surface area contributed by atoms with Gasteiger partial charge in [-0.1, -0.05) is 0 Å². The predicted molar refractivity (Wildman–Crippen MR) is 71.1 cm³/mol. The van der Waals surface area contributed by atoms with E-state index in [0.717, 1.165) is 31.5 Å². The number of hydrogen-bond donors (Lipinski definition) is 2. The number of amides is 1. The third kappa shape index (κ3) is 4.93. The number of rotatable bonds is 3. The van der Waals surface area contributed by atoms with Crippen LogP contribution >= 0.6 is 0 Å². The van der Waals surface area contributed by atoms with Gasteiger partial charge in [-0.05, 0) is 50.6 Å². The zero-order valence-corrected chi connectivity index (χ0v) is 11.5. The van der Waals surface area contributed by atoms with Crippen molar-refractivity contribution < 1.29 is 22.7 Å². The Labute approximate surface area is 120 Å². The van der Waals surface area contributed by atoms with Crippen LogP contribution in [-0.4, -0.2) is 30.9 Å². The van der Waals surface area contributed by atoms with Crippen LogP contribution in [0.4, 0.5) is 13.2 Å². The smallest absolute Gasteiger partial charge is 0.406 e. The lowest BCUT2D eigenvalue weighted by atomic mass is 10.0. The van der Waals surface area contributed by atoms with Gasteiger partial charge >= 0.3 is 6.36 Å². The summed E-state index contributed by atoms with van der Waals surface area (Å²) in [5, 5.41) is 6.17. The Morgan fingerprint density at radius 3 is 2.57 bits per heavy atom. The van der Waals surface area contributed by atoms with E-state index in [1.54, 1.807) is 0 Å². The molecule has 1 aromatic carbocycles. The number of alkyl halides is 3. The number of halogens is 3. The SMILES string of the molecule is CC1CC(NC(=O)c2ccc(OC(F)(F)F)cc2)CCN1. The first-order valence-electron chi connectivity index (χ1n) is 6.73. The van der Waals surface area contributed by atoms with Gasteiger partial charge in [-0.15, -0.1) is 13.2 Å². The molecule has 1 fully saturated rings. The van der Waals surface area contributed by atoms with Crippen LogP contribution in [-0.2, 0) is 0 Å². The van der Waals surface area contributed by atoms with Gasteiger partial charge in [0.15, 0.2) is 0 Å². The fraction of sp³-hybridized carbons (Fsp3) is 0.500. The van der Waals surface area contributed by atoms with Crippen molar-refractivity contribution in [3.63, 3.8) is 0 Å². The van der Waals surface area contributed by atoms with E-state index in [0.29, 0.717) is 11.6 Å². The highest BCUT2D eigenvalue weighted by Gasteiger charge is 2.31. The first-order chi connectivity index (χ1) is 9.83. The van der Waals surface area contributed by atoms with E-state index >= 15 is 0 Å². The Hall–Kier alpha value is -1.76. The Kier molecular flexibility index (Phi) is 4.72. The standard InChI is InChI=1S/C14H17F3N2O2/c1-9-8-11(6-7-18-9)19-13(20)10-2-4-12(5-3-10)21-14(15,16)17/h2-5,9,11,18H,6-8H2,1H3,(H,19,20). The van der Waals surface area contributed by atoms with Crippen LogP contribution < -0.4 is 15.4 Å². The summed E-state index contributed by atoms with van der Waals surface area (Å²) in [6.45, 7) is 2.88. The normalized spacial score (nSPS) is 22.7.